The van der Waals surface area contributed by atoms with Crippen LogP contribution in [0.1, 0.15) is 5.56 Å². The third-order valence-corrected chi connectivity index (χ3v) is 2.64. The van der Waals surface area contributed by atoms with Gasteiger partial charge in [-0.2, -0.15) is 4.68 Å². The molecule has 1 heterocycles. The van der Waals surface area contributed by atoms with Crippen molar-refractivity contribution in [2.24, 2.45) is 0 Å². The minimum Gasteiger partial charge on any atom is -0.282 e. The molecule has 0 atom stereocenters. The molecule has 0 aliphatic carbocycles. The number of nitrogens with one attached hydrogen (secondary N) is 1. The highest BCUT2D eigenvalue weighted by atomic mass is 32.2. The van der Waals surface area contributed by atoms with Crippen LogP contribution in [0.2, 0.25) is 0 Å². The molecule has 0 saturated heterocycles. The van der Waals surface area contributed by atoms with E-state index >= 15 is 0 Å². The molecule has 0 saturated carbocycles. The largest absolute Gasteiger partial charge is 0.282 e. The van der Waals surface area contributed by atoms with Gasteiger partial charge in [0.15, 0.2) is 0 Å². The van der Waals surface area contributed by atoms with Crippen LogP contribution in [-0.2, 0) is 10.0 Å². The van der Waals surface area contributed by atoms with Crippen LogP contribution in [0.15, 0.2) is 24.5 Å². The van der Waals surface area contributed by atoms with E-state index < -0.39 is 10.0 Å². The summed E-state index contributed by atoms with van der Waals surface area (Å²) in [5.41, 5.74) is 2.00. The molecule has 0 amide bonds. The maximum Gasteiger partial charge on any atom is 0.229 e. The molecular weight excluding hydrogens is 242 g/mol. The Bertz CT molecular complexity index is 621. The molecule has 1 aromatic carbocycles. The lowest BCUT2D eigenvalue weighted by molar-refractivity contribution is 0.606. The first kappa shape index (κ1) is 11.5. The van der Waals surface area contributed by atoms with E-state index in [2.05, 4.69) is 20.2 Å². The molecule has 17 heavy (non-hydrogen) atoms. The Morgan fingerprint density at radius 3 is 2.71 bits per heavy atom. The van der Waals surface area contributed by atoms with Crippen molar-refractivity contribution in [3.05, 3.63) is 30.1 Å². The van der Waals surface area contributed by atoms with Gasteiger partial charge in [0, 0.05) is 0 Å². The van der Waals surface area contributed by atoms with E-state index in [1.165, 1.54) is 11.0 Å². The Kier molecular flexibility index (Phi) is 2.80. The number of anilines is 1. The summed E-state index contributed by atoms with van der Waals surface area (Å²) in [6.07, 6.45) is 2.50. The smallest absolute Gasteiger partial charge is 0.229 e. The van der Waals surface area contributed by atoms with Crippen molar-refractivity contribution in [3.63, 3.8) is 0 Å². The fourth-order valence-electron chi connectivity index (χ4n) is 1.39. The van der Waals surface area contributed by atoms with E-state index in [1.54, 1.807) is 18.2 Å². The van der Waals surface area contributed by atoms with Gasteiger partial charge in [-0.15, -0.1) is 5.10 Å². The van der Waals surface area contributed by atoms with Crippen LogP contribution in [-0.4, -0.2) is 34.9 Å². The van der Waals surface area contributed by atoms with Gasteiger partial charge >= 0.3 is 0 Å². The quantitative estimate of drug-likeness (QED) is 0.852. The highest BCUT2D eigenvalue weighted by Crippen LogP contribution is 2.21. The van der Waals surface area contributed by atoms with Gasteiger partial charge in [-0.05, 0) is 35.0 Å². The second-order valence-electron chi connectivity index (χ2n) is 3.65. The van der Waals surface area contributed by atoms with Gasteiger partial charge in [0.05, 0.1) is 17.6 Å². The Hall–Kier alpha value is -1.96. The molecule has 0 aliphatic rings. The third-order valence-electron chi connectivity index (χ3n) is 2.04. The van der Waals surface area contributed by atoms with Crippen LogP contribution in [0.3, 0.4) is 0 Å². The predicted molar refractivity (Wildman–Crippen MR) is 62.4 cm³/mol. The zero-order valence-corrected chi connectivity index (χ0v) is 10.1. The van der Waals surface area contributed by atoms with Gasteiger partial charge in [0.2, 0.25) is 10.0 Å². The summed E-state index contributed by atoms with van der Waals surface area (Å²) in [5, 5.41) is 10.8. The molecule has 0 spiro atoms. The number of aromatic nitrogens is 4. The zero-order valence-electron chi connectivity index (χ0n) is 9.32. The molecule has 0 radical (unpaired) electrons. The van der Waals surface area contributed by atoms with Crippen LogP contribution in [0.4, 0.5) is 5.69 Å². The molecule has 90 valence electrons. The molecule has 1 N–H and O–H groups in total. The Labute approximate surface area is 98.5 Å². The molecule has 7 nitrogen and oxygen atoms in total. The number of rotatable bonds is 3. The van der Waals surface area contributed by atoms with Gasteiger partial charge < -0.3 is 0 Å². The zero-order chi connectivity index (χ0) is 12.5. The maximum absolute atomic E-state index is 11.2. The Morgan fingerprint density at radius 2 is 2.12 bits per heavy atom. The van der Waals surface area contributed by atoms with E-state index in [9.17, 15) is 8.42 Å². The molecule has 2 aromatic rings. The van der Waals surface area contributed by atoms with Crippen molar-refractivity contribution in [1.82, 2.24) is 20.2 Å². The lowest BCUT2D eigenvalue weighted by Crippen LogP contribution is -2.12. The lowest BCUT2D eigenvalue weighted by Gasteiger charge is -2.10. The van der Waals surface area contributed by atoms with Crippen molar-refractivity contribution in [3.8, 4) is 5.69 Å². The molecule has 0 aliphatic heterocycles. The highest BCUT2D eigenvalue weighted by molar-refractivity contribution is 7.92. The Morgan fingerprint density at radius 1 is 1.35 bits per heavy atom. The van der Waals surface area contributed by atoms with Gasteiger partial charge in [-0.1, -0.05) is 6.07 Å². The molecule has 0 unspecified atom stereocenters. The number of hydrogen-bond donors (Lipinski definition) is 1. The summed E-state index contributed by atoms with van der Waals surface area (Å²) < 4.78 is 26.3. The van der Waals surface area contributed by atoms with Gasteiger partial charge in [-0.25, -0.2) is 8.42 Å². The molecule has 0 fully saturated rings. The summed E-state index contributed by atoms with van der Waals surface area (Å²) in [6, 6.07) is 5.28. The first-order chi connectivity index (χ1) is 7.96. The van der Waals surface area contributed by atoms with Gasteiger partial charge in [0.25, 0.3) is 0 Å². The van der Waals surface area contributed by atoms with Crippen molar-refractivity contribution in [2.75, 3.05) is 11.0 Å². The third kappa shape index (κ3) is 2.78. The minimum absolute atomic E-state index is 0.436. The van der Waals surface area contributed by atoms with Crippen molar-refractivity contribution in [2.45, 2.75) is 6.92 Å². The predicted octanol–water partition coefficient (Wildman–Crippen LogP) is 0.342. The fourth-order valence-corrected chi connectivity index (χ4v) is 1.96. The van der Waals surface area contributed by atoms with Gasteiger partial charge in [0.1, 0.15) is 6.33 Å². The average molecular weight is 253 g/mol. The van der Waals surface area contributed by atoms with Gasteiger partial charge in [-0.3, -0.25) is 4.72 Å². The Balaban J connectivity index is 2.53. The first-order valence-electron chi connectivity index (χ1n) is 4.77. The van der Waals surface area contributed by atoms with E-state index in [-0.39, 0.29) is 0 Å². The van der Waals surface area contributed by atoms with Crippen molar-refractivity contribution < 1.29 is 8.42 Å². The summed E-state index contributed by atoms with van der Waals surface area (Å²) in [4.78, 5) is 0. The normalized spacial score (nSPS) is 11.4. The number of tetrazole rings is 1. The van der Waals surface area contributed by atoms with E-state index in [0.29, 0.717) is 11.4 Å². The minimum atomic E-state index is -3.34. The maximum atomic E-state index is 11.2. The summed E-state index contributed by atoms with van der Waals surface area (Å²) in [7, 11) is -3.34. The summed E-state index contributed by atoms with van der Waals surface area (Å²) in [6.45, 7) is 1.90. The monoisotopic (exact) mass is 253 g/mol. The second-order valence-corrected chi connectivity index (χ2v) is 5.40. The molecule has 0 bridgehead atoms. The van der Waals surface area contributed by atoms with Crippen LogP contribution >= 0.6 is 0 Å². The second kappa shape index (κ2) is 4.13. The first-order valence-corrected chi connectivity index (χ1v) is 6.67. The van der Waals surface area contributed by atoms with Crippen LogP contribution in [0, 0.1) is 6.92 Å². The number of hydrogen-bond acceptors (Lipinski definition) is 5. The number of aryl methyl sites for hydroxylation is 1. The topological polar surface area (TPSA) is 89.8 Å². The van der Waals surface area contributed by atoms with Crippen molar-refractivity contribution >= 4 is 15.7 Å². The molecule has 1 aromatic heterocycles. The SMILES string of the molecule is Cc1ccc(NS(C)(=O)=O)c(-n2cnnn2)c1. The highest BCUT2D eigenvalue weighted by Gasteiger charge is 2.10. The van der Waals surface area contributed by atoms with Crippen LogP contribution in [0.25, 0.3) is 5.69 Å². The van der Waals surface area contributed by atoms with E-state index in [0.717, 1.165) is 11.8 Å². The number of nitrogens with zero attached hydrogens (tertiary/aromatic N) is 4. The summed E-state index contributed by atoms with van der Waals surface area (Å²) >= 11 is 0. The standard InChI is InChI=1S/C9H11N5O2S/c1-7-3-4-8(11-17(2,15)16)9(5-7)14-6-10-12-13-14/h3-6,11H,1-2H3. The molecule has 8 heteroatoms. The van der Waals surface area contributed by atoms with Crippen molar-refractivity contribution in [1.29, 1.82) is 0 Å². The number of benzene rings is 1. The van der Waals surface area contributed by atoms with E-state index in [1.807, 2.05) is 6.92 Å². The van der Waals surface area contributed by atoms with E-state index in [4.69, 9.17) is 0 Å². The molecular formula is C9H11N5O2S. The number of sulfonamides is 1. The fraction of sp³-hybridized carbons (Fsp3) is 0.222. The summed E-state index contributed by atoms with van der Waals surface area (Å²) in [5.74, 6) is 0. The van der Waals surface area contributed by atoms with Crippen LogP contribution in [0.5, 0.6) is 0 Å². The molecule has 2 rings (SSSR count). The lowest BCUT2D eigenvalue weighted by atomic mass is 10.2. The van der Waals surface area contributed by atoms with Crippen LogP contribution < -0.4 is 4.72 Å². The average Bonchev–Trinajstić information content (AvgIpc) is 2.71.